The first-order valence-electron chi connectivity index (χ1n) is 7.17. The summed E-state index contributed by atoms with van der Waals surface area (Å²) in [6.45, 7) is 3.52. The van der Waals surface area contributed by atoms with Crippen molar-refractivity contribution >= 4 is 28.9 Å². The molecular weight excluding hydrogens is 332 g/mol. The number of nitrogens with zero attached hydrogens (tertiary/aromatic N) is 2. The first-order chi connectivity index (χ1) is 11.5. The summed E-state index contributed by atoms with van der Waals surface area (Å²) in [5.74, 6) is -0.362. The molecule has 0 radical (unpaired) electrons. The molecule has 7 nitrogen and oxygen atoms in total. The molecule has 1 aromatic rings. The Kier molecular flexibility index (Phi) is 4.23. The van der Waals surface area contributed by atoms with Crippen LogP contribution in [0.3, 0.4) is 0 Å². The van der Waals surface area contributed by atoms with Crippen molar-refractivity contribution in [3.05, 3.63) is 46.0 Å². The fraction of sp³-hybridized carbons (Fsp3) is 0.312. The second-order valence-electron chi connectivity index (χ2n) is 5.18. The molecule has 2 aliphatic heterocycles. The van der Waals surface area contributed by atoms with Crippen LogP contribution in [0.5, 0.6) is 0 Å². The van der Waals surface area contributed by atoms with Crippen LogP contribution in [-0.2, 0) is 19.1 Å². The van der Waals surface area contributed by atoms with Crippen LogP contribution in [0.2, 0.25) is 0 Å². The number of fused-ring (bicyclic) bond motifs is 1. The van der Waals surface area contributed by atoms with Crippen LogP contribution in [0.15, 0.2) is 49.7 Å². The number of rotatable bonds is 3. The van der Waals surface area contributed by atoms with E-state index in [0.29, 0.717) is 32.8 Å². The van der Waals surface area contributed by atoms with Gasteiger partial charge in [0.15, 0.2) is 5.17 Å². The molecule has 0 aliphatic carbocycles. The summed E-state index contributed by atoms with van der Waals surface area (Å²) in [6, 6.07) is 2.97. The van der Waals surface area contributed by atoms with Gasteiger partial charge in [-0.2, -0.15) is 0 Å². The molecule has 0 saturated heterocycles. The van der Waals surface area contributed by atoms with Gasteiger partial charge in [0.2, 0.25) is 0 Å². The molecule has 3 heterocycles. The SMILES string of the molecule is COC(=O)C1=C(C)N2C(=NC(C)=C(C(=O)OC)[C@@H]2c2ccco2)S1. The minimum absolute atomic E-state index is 0.377. The second kappa shape index (κ2) is 6.20. The normalized spacial score (nSPS) is 20.1. The fourth-order valence-electron chi connectivity index (χ4n) is 2.75. The van der Waals surface area contributed by atoms with Crippen molar-refractivity contribution in [3.63, 3.8) is 0 Å². The van der Waals surface area contributed by atoms with Gasteiger partial charge in [0.25, 0.3) is 0 Å². The van der Waals surface area contributed by atoms with E-state index >= 15 is 0 Å². The largest absolute Gasteiger partial charge is 0.467 e. The van der Waals surface area contributed by atoms with Gasteiger partial charge >= 0.3 is 11.9 Å². The van der Waals surface area contributed by atoms with Crippen molar-refractivity contribution < 1.29 is 23.5 Å². The first kappa shape index (κ1) is 16.4. The van der Waals surface area contributed by atoms with E-state index in [0.717, 1.165) is 0 Å². The third-order valence-electron chi connectivity index (χ3n) is 3.86. The monoisotopic (exact) mass is 348 g/mol. The summed E-state index contributed by atoms with van der Waals surface area (Å²) >= 11 is 1.21. The highest BCUT2D eigenvalue weighted by atomic mass is 32.2. The molecule has 0 unspecified atom stereocenters. The van der Waals surface area contributed by atoms with Crippen molar-refractivity contribution in [2.24, 2.45) is 4.99 Å². The van der Waals surface area contributed by atoms with E-state index in [-0.39, 0.29) is 0 Å². The van der Waals surface area contributed by atoms with Crippen molar-refractivity contribution in [2.75, 3.05) is 14.2 Å². The molecule has 1 atom stereocenters. The van der Waals surface area contributed by atoms with Gasteiger partial charge in [-0.1, -0.05) is 0 Å². The number of allylic oxidation sites excluding steroid dienone is 2. The smallest absolute Gasteiger partial charge is 0.346 e. The van der Waals surface area contributed by atoms with Crippen molar-refractivity contribution in [2.45, 2.75) is 19.9 Å². The number of carbonyl (C=O) groups excluding carboxylic acids is 2. The number of amidine groups is 1. The van der Waals surface area contributed by atoms with Crippen LogP contribution < -0.4 is 0 Å². The fourth-order valence-corrected chi connectivity index (χ4v) is 3.86. The Morgan fingerprint density at radius 3 is 2.54 bits per heavy atom. The summed E-state index contributed by atoms with van der Waals surface area (Å²) in [7, 11) is 2.65. The van der Waals surface area contributed by atoms with Gasteiger partial charge in [0.1, 0.15) is 16.7 Å². The minimum Gasteiger partial charge on any atom is -0.467 e. The van der Waals surface area contributed by atoms with E-state index in [4.69, 9.17) is 13.9 Å². The van der Waals surface area contributed by atoms with E-state index in [1.54, 1.807) is 30.9 Å². The summed E-state index contributed by atoms with van der Waals surface area (Å²) in [6.07, 6.45) is 1.54. The predicted octanol–water partition coefficient (Wildman–Crippen LogP) is 2.59. The molecule has 0 fully saturated rings. The van der Waals surface area contributed by atoms with E-state index in [9.17, 15) is 9.59 Å². The molecule has 0 N–H and O–H groups in total. The zero-order valence-corrected chi connectivity index (χ0v) is 14.5. The second-order valence-corrected chi connectivity index (χ2v) is 6.16. The maximum absolute atomic E-state index is 12.3. The van der Waals surface area contributed by atoms with Gasteiger partial charge < -0.3 is 18.8 Å². The number of methoxy groups -OCH3 is 2. The molecule has 0 aromatic carbocycles. The maximum atomic E-state index is 12.3. The number of ether oxygens (including phenoxy) is 2. The highest BCUT2D eigenvalue weighted by Gasteiger charge is 2.44. The summed E-state index contributed by atoms with van der Waals surface area (Å²) in [5, 5.41) is 0.597. The minimum atomic E-state index is -0.547. The average molecular weight is 348 g/mol. The number of aliphatic imine (C=N–C) groups is 1. The summed E-state index contributed by atoms with van der Waals surface area (Å²) < 4.78 is 15.3. The number of hydrogen-bond donors (Lipinski definition) is 0. The van der Waals surface area contributed by atoms with Gasteiger partial charge in [-0.3, -0.25) is 0 Å². The van der Waals surface area contributed by atoms with Crippen LogP contribution >= 0.6 is 11.8 Å². The van der Waals surface area contributed by atoms with Crippen LogP contribution in [-0.4, -0.2) is 36.2 Å². The Bertz CT molecular complexity index is 791. The van der Waals surface area contributed by atoms with Crippen molar-refractivity contribution in [1.82, 2.24) is 4.90 Å². The lowest BCUT2D eigenvalue weighted by atomic mass is 9.99. The molecule has 24 heavy (non-hydrogen) atoms. The molecule has 1 aromatic heterocycles. The quantitative estimate of drug-likeness (QED) is 0.777. The molecule has 2 aliphatic rings. The van der Waals surface area contributed by atoms with Crippen molar-refractivity contribution in [1.29, 1.82) is 0 Å². The Morgan fingerprint density at radius 1 is 1.25 bits per heavy atom. The van der Waals surface area contributed by atoms with Gasteiger partial charge in [0, 0.05) is 5.70 Å². The highest BCUT2D eigenvalue weighted by molar-refractivity contribution is 8.18. The lowest BCUT2D eigenvalue weighted by Crippen LogP contribution is -2.35. The molecule has 0 saturated carbocycles. The van der Waals surface area contributed by atoms with Gasteiger partial charge in [-0.15, -0.1) is 0 Å². The molecule has 0 amide bonds. The number of thioether (sulfide) groups is 1. The lowest BCUT2D eigenvalue weighted by Gasteiger charge is -2.33. The third-order valence-corrected chi connectivity index (χ3v) is 5.00. The first-order valence-corrected chi connectivity index (χ1v) is 7.98. The molecule has 3 rings (SSSR count). The Labute approximate surface area is 143 Å². The molecule has 126 valence electrons. The third kappa shape index (κ3) is 2.43. The average Bonchev–Trinajstić information content (AvgIpc) is 3.21. The standard InChI is InChI=1S/C16H16N2O5S/c1-8-11(14(19)21-3)12(10-6-5-7-23-10)18-9(2)13(15(20)22-4)24-16(18)17-8/h5-7,12H,1-4H3/t12-/m0/s1. The maximum Gasteiger partial charge on any atom is 0.346 e. The van der Waals surface area contributed by atoms with E-state index in [1.165, 1.54) is 32.2 Å². The molecule has 0 bridgehead atoms. The van der Waals surface area contributed by atoms with Crippen LogP contribution in [0.1, 0.15) is 25.6 Å². The zero-order valence-electron chi connectivity index (χ0n) is 13.7. The van der Waals surface area contributed by atoms with E-state index in [2.05, 4.69) is 4.99 Å². The number of carbonyl (C=O) groups is 2. The summed E-state index contributed by atoms with van der Waals surface area (Å²) in [5.41, 5.74) is 1.56. The van der Waals surface area contributed by atoms with Crippen molar-refractivity contribution in [3.8, 4) is 0 Å². The Hall–Kier alpha value is -2.48. The lowest BCUT2D eigenvalue weighted by molar-refractivity contribution is -0.137. The topological polar surface area (TPSA) is 81.3 Å². The van der Waals surface area contributed by atoms with Gasteiger partial charge in [0.05, 0.1) is 31.8 Å². The van der Waals surface area contributed by atoms with Crippen LogP contribution in [0.25, 0.3) is 0 Å². The zero-order chi connectivity index (χ0) is 17.4. The number of furan rings is 1. The predicted molar refractivity (Wildman–Crippen MR) is 87.7 cm³/mol. The Morgan fingerprint density at radius 2 is 1.96 bits per heavy atom. The van der Waals surface area contributed by atoms with Gasteiger partial charge in [-0.05, 0) is 37.7 Å². The molecular formula is C16H16N2O5S. The molecule has 8 heteroatoms. The van der Waals surface area contributed by atoms with Gasteiger partial charge in [-0.25, -0.2) is 14.6 Å². The van der Waals surface area contributed by atoms with Crippen LogP contribution in [0.4, 0.5) is 0 Å². The van der Waals surface area contributed by atoms with E-state index in [1.807, 2.05) is 0 Å². The molecule has 0 spiro atoms. The summed E-state index contributed by atoms with van der Waals surface area (Å²) in [4.78, 5) is 31.0. The van der Waals surface area contributed by atoms with E-state index < -0.39 is 18.0 Å². The van der Waals surface area contributed by atoms with Crippen LogP contribution in [0, 0.1) is 0 Å². The number of esters is 2. The Balaban J connectivity index is 2.16. The number of hydrogen-bond acceptors (Lipinski definition) is 8. The highest BCUT2D eigenvalue weighted by Crippen LogP contribution is 2.47.